The molecule has 0 saturated heterocycles. The van der Waals surface area contributed by atoms with E-state index < -0.39 is 0 Å². The highest BCUT2D eigenvalue weighted by molar-refractivity contribution is 5.84. The summed E-state index contributed by atoms with van der Waals surface area (Å²) < 4.78 is 2.07. The van der Waals surface area contributed by atoms with E-state index in [9.17, 15) is 10.2 Å². The average molecular weight is 414 g/mol. The molecule has 6 N–H and O–H groups in total. The number of hydrogen-bond acceptors (Lipinski definition) is 8. The van der Waals surface area contributed by atoms with Crippen LogP contribution in [0.3, 0.4) is 0 Å². The minimum atomic E-state index is -0.141. The Kier molecular flexibility index (Phi) is 6.94. The van der Waals surface area contributed by atoms with Crippen LogP contribution in [0.4, 0.5) is 17.5 Å². The number of aromatic hydroxyl groups is 1. The van der Waals surface area contributed by atoms with E-state index in [2.05, 4.69) is 39.0 Å². The maximum absolute atomic E-state index is 10.1. The quantitative estimate of drug-likeness (QED) is 0.252. The maximum atomic E-state index is 10.1. The van der Waals surface area contributed by atoms with E-state index in [0.29, 0.717) is 35.1 Å². The van der Waals surface area contributed by atoms with Crippen LogP contribution >= 0.6 is 0 Å². The summed E-state index contributed by atoms with van der Waals surface area (Å²) in [7, 11) is 0. The monoisotopic (exact) mass is 413 g/mol. The van der Waals surface area contributed by atoms with E-state index in [1.54, 1.807) is 24.5 Å². The predicted molar refractivity (Wildman–Crippen MR) is 120 cm³/mol. The van der Waals surface area contributed by atoms with E-state index in [0.717, 1.165) is 24.9 Å². The van der Waals surface area contributed by atoms with Crippen LogP contribution in [0.5, 0.6) is 5.75 Å². The number of phenols is 1. The summed E-state index contributed by atoms with van der Waals surface area (Å²) in [5, 5.41) is 26.1. The first-order valence-electron chi connectivity index (χ1n) is 10.4. The van der Waals surface area contributed by atoms with Gasteiger partial charge in [0.1, 0.15) is 5.75 Å². The Morgan fingerprint density at radius 2 is 1.90 bits per heavy atom. The summed E-state index contributed by atoms with van der Waals surface area (Å²) in [5.41, 5.74) is 8.48. The van der Waals surface area contributed by atoms with Gasteiger partial charge in [-0.2, -0.15) is 9.97 Å². The smallest absolute Gasteiger partial charge is 0.227 e. The topological polar surface area (TPSA) is 134 Å². The molecule has 0 fully saturated rings. The number of aliphatic hydroxyl groups is 1. The van der Waals surface area contributed by atoms with Gasteiger partial charge in [-0.05, 0) is 37.5 Å². The van der Waals surface area contributed by atoms with Crippen molar-refractivity contribution in [1.82, 2.24) is 19.5 Å². The molecule has 0 radical (unpaired) electrons. The number of nitrogens with one attached hydrogen (secondary N) is 2. The number of benzene rings is 1. The molecule has 3 rings (SSSR count). The lowest BCUT2D eigenvalue weighted by Gasteiger charge is -2.18. The number of nitrogens with zero attached hydrogens (tertiary/aromatic N) is 4. The number of aliphatic hydroxyl groups excluding tert-OH is 1. The highest BCUT2D eigenvalue weighted by Crippen LogP contribution is 2.28. The molecule has 0 aliphatic heterocycles. The molecule has 0 saturated carbocycles. The van der Waals surface area contributed by atoms with Crippen LogP contribution in [0.2, 0.25) is 0 Å². The van der Waals surface area contributed by atoms with Crippen LogP contribution in [0.15, 0.2) is 24.5 Å². The number of imidazole rings is 1. The number of nitrogen functional groups attached to an aromatic ring is 1. The Labute approximate surface area is 176 Å². The third-order valence-electron chi connectivity index (χ3n) is 5.35. The average Bonchev–Trinajstić information content (AvgIpc) is 3.17. The SMILES string of the molecule is CCC(CO)Nc1nc(NCc2cc(N)ccc2O)c2ncn(C(CC)CC)c2n1. The molecular formula is C21H31N7O2. The molecule has 0 aliphatic carbocycles. The van der Waals surface area contributed by atoms with E-state index in [1.807, 2.05) is 6.92 Å². The first-order chi connectivity index (χ1) is 14.5. The normalized spacial score (nSPS) is 12.4. The van der Waals surface area contributed by atoms with Crippen LogP contribution in [0.25, 0.3) is 11.2 Å². The summed E-state index contributed by atoms with van der Waals surface area (Å²) in [6.07, 6.45) is 4.46. The Morgan fingerprint density at radius 1 is 1.13 bits per heavy atom. The third-order valence-corrected chi connectivity index (χ3v) is 5.35. The van der Waals surface area contributed by atoms with Gasteiger partial charge in [0.2, 0.25) is 5.95 Å². The van der Waals surface area contributed by atoms with Crippen molar-refractivity contribution in [3.63, 3.8) is 0 Å². The van der Waals surface area contributed by atoms with Crippen molar-refractivity contribution in [2.24, 2.45) is 0 Å². The molecule has 2 heterocycles. The van der Waals surface area contributed by atoms with Gasteiger partial charge in [0.05, 0.1) is 19.0 Å². The first kappa shape index (κ1) is 21.6. The van der Waals surface area contributed by atoms with Crippen LogP contribution < -0.4 is 16.4 Å². The van der Waals surface area contributed by atoms with Crippen LogP contribution in [0.1, 0.15) is 51.6 Å². The molecule has 0 spiro atoms. The molecule has 9 nitrogen and oxygen atoms in total. The van der Waals surface area contributed by atoms with Gasteiger partial charge in [-0.25, -0.2) is 4.98 Å². The molecule has 2 aromatic heterocycles. The van der Waals surface area contributed by atoms with Crippen LogP contribution in [-0.2, 0) is 6.54 Å². The summed E-state index contributed by atoms with van der Waals surface area (Å²) in [6, 6.07) is 5.09. The highest BCUT2D eigenvalue weighted by atomic mass is 16.3. The second-order valence-electron chi connectivity index (χ2n) is 7.36. The Balaban J connectivity index is 2.01. The fraction of sp³-hybridized carbons (Fsp3) is 0.476. The summed E-state index contributed by atoms with van der Waals surface area (Å²) >= 11 is 0. The Hall–Kier alpha value is -3.07. The minimum absolute atomic E-state index is 0.0103. The van der Waals surface area contributed by atoms with Crippen molar-refractivity contribution in [3.05, 3.63) is 30.1 Å². The second-order valence-corrected chi connectivity index (χ2v) is 7.36. The fourth-order valence-corrected chi connectivity index (χ4v) is 3.44. The number of fused-ring (bicyclic) bond motifs is 1. The van der Waals surface area contributed by atoms with Crippen molar-refractivity contribution in [2.45, 2.75) is 58.7 Å². The molecule has 1 aromatic carbocycles. The number of anilines is 3. The Bertz CT molecular complexity index is 981. The largest absolute Gasteiger partial charge is 0.508 e. The molecule has 1 unspecified atom stereocenters. The lowest BCUT2D eigenvalue weighted by Crippen LogP contribution is -2.24. The standard InChI is InChI=1S/C21H31N7O2/c1-4-15(11-29)25-21-26-19(23-10-13-9-14(22)7-8-17(13)30)18-20(27-21)28(12-24-18)16(5-2)6-3/h7-9,12,15-16,29-30H,4-6,10-11,22H2,1-3H3,(H2,23,25,26,27). The van der Waals surface area contributed by atoms with Crippen molar-refractivity contribution in [2.75, 3.05) is 23.0 Å². The fourth-order valence-electron chi connectivity index (χ4n) is 3.44. The first-order valence-corrected chi connectivity index (χ1v) is 10.4. The number of hydrogen-bond donors (Lipinski definition) is 5. The van der Waals surface area contributed by atoms with Crippen LogP contribution in [0, 0.1) is 0 Å². The second kappa shape index (κ2) is 9.62. The predicted octanol–water partition coefficient (Wildman–Crippen LogP) is 3.27. The number of nitrogens with two attached hydrogens (primary N) is 1. The number of aromatic nitrogens is 4. The maximum Gasteiger partial charge on any atom is 0.227 e. The van der Waals surface area contributed by atoms with Crippen molar-refractivity contribution < 1.29 is 10.2 Å². The van der Waals surface area contributed by atoms with Gasteiger partial charge >= 0.3 is 0 Å². The molecule has 162 valence electrons. The molecular weight excluding hydrogens is 382 g/mol. The molecule has 3 aromatic rings. The highest BCUT2D eigenvalue weighted by Gasteiger charge is 2.18. The van der Waals surface area contributed by atoms with Gasteiger partial charge in [-0.3, -0.25) is 0 Å². The van der Waals surface area contributed by atoms with E-state index >= 15 is 0 Å². The molecule has 0 bridgehead atoms. The van der Waals surface area contributed by atoms with Crippen molar-refractivity contribution >= 4 is 28.6 Å². The van der Waals surface area contributed by atoms with E-state index in [4.69, 9.17) is 10.7 Å². The zero-order chi connectivity index (χ0) is 21.7. The summed E-state index contributed by atoms with van der Waals surface area (Å²) in [4.78, 5) is 13.8. The minimum Gasteiger partial charge on any atom is -0.508 e. The van der Waals surface area contributed by atoms with Gasteiger partial charge in [-0.15, -0.1) is 0 Å². The number of phenolic OH excluding ortho intramolecular Hbond substituents is 1. The van der Waals surface area contributed by atoms with Gasteiger partial charge in [0, 0.05) is 23.8 Å². The van der Waals surface area contributed by atoms with E-state index in [-0.39, 0.29) is 24.4 Å². The summed E-state index contributed by atoms with van der Waals surface area (Å²) in [6.45, 7) is 6.59. The van der Waals surface area contributed by atoms with Gasteiger partial charge in [0.15, 0.2) is 17.0 Å². The zero-order valence-corrected chi connectivity index (χ0v) is 17.8. The molecule has 30 heavy (non-hydrogen) atoms. The van der Waals surface area contributed by atoms with E-state index in [1.165, 1.54) is 0 Å². The zero-order valence-electron chi connectivity index (χ0n) is 17.8. The summed E-state index contributed by atoms with van der Waals surface area (Å²) in [5.74, 6) is 1.14. The lowest BCUT2D eigenvalue weighted by molar-refractivity contribution is 0.271. The molecule has 0 aliphatic rings. The molecule has 1 atom stereocenters. The van der Waals surface area contributed by atoms with Gasteiger partial charge in [-0.1, -0.05) is 20.8 Å². The van der Waals surface area contributed by atoms with Crippen molar-refractivity contribution in [1.29, 1.82) is 0 Å². The van der Waals surface area contributed by atoms with Gasteiger partial charge in [0.25, 0.3) is 0 Å². The molecule has 9 heteroatoms. The molecule has 0 amide bonds. The lowest BCUT2D eigenvalue weighted by atomic mass is 10.1. The Morgan fingerprint density at radius 3 is 2.57 bits per heavy atom. The third kappa shape index (κ3) is 4.56. The van der Waals surface area contributed by atoms with Crippen LogP contribution in [-0.4, -0.2) is 42.4 Å². The number of rotatable bonds is 10. The van der Waals surface area contributed by atoms with Crippen molar-refractivity contribution in [3.8, 4) is 5.75 Å². The van der Waals surface area contributed by atoms with Gasteiger partial charge < -0.3 is 31.1 Å².